The van der Waals surface area contributed by atoms with Gasteiger partial charge in [-0.1, -0.05) is 17.3 Å². The first-order chi connectivity index (χ1) is 10.2. The number of hydrogen-bond donors (Lipinski definition) is 2. The topological polar surface area (TPSA) is 98.7 Å². The molecule has 1 aromatic carbocycles. The minimum Gasteiger partial charge on any atom is -0.375 e. The van der Waals surface area contributed by atoms with Crippen LogP contribution in [0.15, 0.2) is 42.0 Å². The van der Waals surface area contributed by atoms with Crippen molar-refractivity contribution in [2.75, 3.05) is 11.1 Å². The zero-order valence-corrected chi connectivity index (χ0v) is 11.7. The molecule has 8 heteroatoms. The molecule has 3 rings (SSSR count). The van der Waals surface area contributed by atoms with Crippen LogP contribution in [0.4, 0.5) is 10.8 Å². The highest BCUT2D eigenvalue weighted by atomic mass is 32.1. The Kier molecular flexibility index (Phi) is 3.61. The molecule has 7 nitrogen and oxygen atoms in total. The number of thiazole rings is 1. The van der Waals surface area contributed by atoms with Gasteiger partial charge in [0, 0.05) is 5.38 Å². The average molecular weight is 300 g/mol. The summed E-state index contributed by atoms with van der Waals surface area (Å²) in [7, 11) is 0. The van der Waals surface area contributed by atoms with E-state index in [1.165, 1.54) is 11.3 Å². The summed E-state index contributed by atoms with van der Waals surface area (Å²) in [5.41, 5.74) is 7.63. The summed E-state index contributed by atoms with van der Waals surface area (Å²) < 4.78 is 1.59. The molecule has 0 saturated carbocycles. The highest BCUT2D eigenvalue weighted by Crippen LogP contribution is 2.19. The second-order valence-electron chi connectivity index (χ2n) is 4.27. The summed E-state index contributed by atoms with van der Waals surface area (Å²) in [5, 5.41) is 12.8. The molecule has 3 N–H and O–H groups in total. The molecule has 0 aliphatic rings. The minimum atomic E-state index is -0.159. The molecule has 0 atom stereocenters. The first kappa shape index (κ1) is 13.3. The largest absolute Gasteiger partial charge is 0.375 e. The van der Waals surface area contributed by atoms with Gasteiger partial charge in [0.25, 0.3) is 0 Å². The average Bonchev–Trinajstić information content (AvgIpc) is 3.11. The van der Waals surface area contributed by atoms with E-state index in [2.05, 4.69) is 20.6 Å². The molecule has 21 heavy (non-hydrogen) atoms. The third-order valence-electron chi connectivity index (χ3n) is 2.76. The van der Waals surface area contributed by atoms with Crippen molar-refractivity contribution in [3.05, 3.63) is 47.7 Å². The number of rotatable bonds is 4. The van der Waals surface area contributed by atoms with E-state index < -0.39 is 0 Å². The van der Waals surface area contributed by atoms with Crippen molar-refractivity contribution in [3.63, 3.8) is 0 Å². The Hall–Kier alpha value is -2.74. The third-order valence-corrected chi connectivity index (χ3v) is 3.48. The molecule has 0 aliphatic heterocycles. The molecular weight excluding hydrogens is 288 g/mol. The van der Waals surface area contributed by atoms with Crippen LogP contribution >= 0.6 is 11.3 Å². The number of nitrogens with zero attached hydrogens (tertiary/aromatic N) is 4. The summed E-state index contributed by atoms with van der Waals surface area (Å²) in [5.74, 6) is -0.159. The number of nitrogen functional groups attached to an aromatic ring is 1. The number of nitrogens with two attached hydrogens (primary N) is 1. The van der Waals surface area contributed by atoms with Gasteiger partial charge in [0.2, 0.25) is 5.91 Å². The van der Waals surface area contributed by atoms with Gasteiger partial charge in [-0.3, -0.25) is 4.79 Å². The van der Waals surface area contributed by atoms with Crippen LogP contribution in [0.1, 0.15) is 5.69 Å². The van der Waals surface area contributed by atoms with Gasteiger partial charge >= 0.3 is 0 Å². The lowest BCUT2D eigenvalue weighted by atomic mass is 10.2. The van der Waals surface area contributed by atoms with E-state index in [1.54, 1.807) is 22.5 Å². The van der Waals surface area contributed by atoms with Gasteiger partial charge in [0.15, 0.2) is 5.13 Å². The molecule has 0 bridgehead atoms. The van der Waals surface area contributed by atoms with E-state index in [4.69, 9.17) is 5.73 Å². The van der Waals surface area contributed by atoms with Crippen LogP contribution in [-0.2, 0) is 11.2 Å². The van der Waals surface area contributed by atoms with Crippen LogP contribution in [-0.4, -0.2) is 25.9 Å². The molecule has 0 unspecified atom stereocenters. The van der Waals surface area contributed by atoms with Crippen molar-refractivity contribution < 1.29 is 4.79 Å². The van der Waals surface area contributed by atoms with Crippen molar-refractivity contribution in [1.82, 2.24) is 20.0 Å². The number of carbonyl (C=O) groups excluding carboxylic acids is 1. The fraction of sp³-hybridized carbons (Fsp3) is 0.0769. The first-order valence-electron chi connectivity index (χ1n) is 6.18. The van der Waals surface area contributed by atoms with Crippen LogP contribution in [0.5, 0.6) is 0 Å². The second-order valence-corrected chi connectivity index (χ2v) is 5.16. The summed E-state index contributed by atoms with van der Waals surface area (Å²) in [4.78, 5) is 16.2. The maximum atomic E-state index is 12.1. The zero-order valence-electron chi connectivity index (χ0n) is 10.9. The van der Waals surface area contributed by atoms with E-state index in [0.29, 0.717) is 16.5 Å². The van der Waals surface area contributed by atoms with Gasteiger partial charge in [-0.05, 0) is 12.1 Å². The van der Waals surface area contributed by atoms with Crippen molar-refractivity contribution in [1.29, 1.82) is 0 Å². The van der Waals surface area contributed by atoms with Gasteiger partial charge in [-0.25, -0.2) is 9.67 Å². The van der Waals surface area contributed by atoms with Crippen molar-refractivity contribution >= 4 is 28.1 Å². The maximum absolute atomic E-state index is 12.1. The fourth-order valence-electron chi connectivity index (χ4n) is 1.88. The van der Waals surface area contributed by atoms with Gasteiger partial charge in [0.1, 0.15) is 0 Å². The van der Waals surface area contributed by atoms with Crippen LogP contribution in [0.3, 0.4) is 0 Å². The smallest absolute Gasteiger partial charge is 0.230 e. The lowest BCUT2D eigenvalue weighted by Crippen LogP contribution is -2.16. The third kappa shape index (κ3) is 3.06. The lowest BCUT2D eigenvalue weighted by molar-refractivity contribution is -0.115. The van der Waals surface area contributed by atoms with Crippen molar-refractivity contribution in [3.8, 4) is 5.69 Å². The van der Waals surface area contributed by atoms with E-state index in [-0.39, 0.29) is 12.3 Å². The highest BCUT2D eigenvalue weighted by Gasteiger charge is 2.10. The maximum Gasteiger partial charge on any atom is 0.230 e. The number of hydrogen-bond acceptors (Lipinski definition) is 6. The molecule has 3 aromatic rings. The molecule has 0 radical (unpaired) electrons. The number of para-hydroxylation sites is 2. The Morgan fingerprint density at radius 1 is 1.38 bits per heavy atom. The molecule has 106 valence electrons. The number of anilines is 2. The molecule has 0 aliphatic carbocycles. The van der Waals surface area contributed by atoms with Crippen LogP contribution in [0, 0.1) is 0 Å². The molecule has 1 amide bonds. The Bertz CT molecular complexity index is 752. The van der Waals surface area contributed by atoms with E-state index in [0.717, 1.165) is 5.69 Å². The lowest BCUT2D eigenvalue weighted by Gasteiger charge is -2.09. The van der Waals surface area contributed by atoms with Crippen LogP contribution < -0.4 is 11.1 Å². The Morgan fingerprint density at radius 2 is 2.24 bits per heavy atom. The molecule has 2 heterocycles. The van der Waals surface area contributed by atoms with Crippen molar-refractivity contribution in [2.24, 2.45) is 0 Å². The van der Waals surface area contributed by atoms with Crippen LogP contribution in [0.2, 0.25) is 0 Å². The molecule has 0 saturated heterocycles. The molecular formula is C13H12N6OS. The fourth-order valence-corrected chi connectivity index (χ4v) is 2.44. The first-order valence-corrected chi connectivity index (χ1v) is 7.06. The van der Waals surface area contributed by atoms with Crippen LogP contribution in [0.25, 0.3) is 5.69 Å². The van der Waals surface area contributed by atoms with E-state index in [1.807, 2.05) is 24.3 Å². The minimum absolute atomic E-state index is 0.159. The van der Waals surface area contributed by atoms with E-state index >= 15 is 0 Å². The second kappa shape index (κ2) is 5.71. The Balaban J connectivity index is 1.77. The summed E-state index contributed by atoms with van der Waals surface area (Å²) in [6.07, 6.45) is 3.47. The number of aromatic nitrogens is 4. The summed E-state index contributed by atoms with van der Waals surface area (Å²) in [6.45, 7) is 0. The Labute approximate surface area is 124 Å². The summed E-state index contributed by atoms with van der Waals surface area (Å²) in [6, 6.07) is 7.38. The van der Waals surface area contributed by atoms with Crippen molar-refractivity contribution in [2.45, 2.75) is 6.42 Å². The molecule has 2 aromatic heterocycles. The zero-order chi connectivity index (χ0) is 14.7. The summed E-state index contributed by atoms with van der Waals surface area (Å²) >= 11 is 1.32. The highest BCUT2D eigenvalue weighted by molar-refractivity contribution is 7.13. The predicted molar refractivity (Wildman–Crippen MR) is 80.2 cm³/mol. The molecule has 0 fully saturated rings. The monoisotopic (exact) mass is 300 g/mol. The standard InChI is InChI=1S/C13H12N6OS/c14-13-16-9(8-21-13)7-12(20)17-10-3-1-2-4-11(10)19-6-5-15-18-19/h1-6,8H,7H2,(H2,14,16)(H,17,20). The van der Waals surface area contributed by atoms with Gasteiger partial charge in [-0.15, -0.1) is 16.4 Å². The van der Waals surface area contributed by atoms with E-state index in [9.17, 15) is 4.79 Å². The Morgan fingerprint density at radius 3 is 2.95 bits per heavy atom. The number of nitrogens with one attached hydrogen (secondary N) is 1. The molecule has 0 spiro atoms. The quantitative estimate of drug-likeness (QED) is 0.760. The number of benzene rings is 1. The predicted octanol–water partition coefficient (Wildman–Crippen LogP) is 1.49. The van der Waals surface area contributed by atoms with Gasteiger partial charge in [-0.2, -0.15) is 0 Å². The van der Waals surface area contributed by atoms with Gasteiger partial charge in [0.05, 0.1) is 35.9 Å². The normalized spacial score (nSPS) is 10.5. The number of amides is 1. The van der Waals surface area contributed by atoms with Gasteiger partial charge < -0.3 is 11.1 Å². The number of carbonyl (C=O) groups is 1. The SMILES string of the molecule is Nc1nc(CC(=O)Nc2ccccc2-n2ccnn2)cs1.